The van der Waals surface area contributed by atoms with Crippen molar-refractivity contribution in [1.29, 1.82) is 0 Å². The maximum absolute atomic E-state index is 13.1. The third kappa shape index (κ3) is 3.45. The summed E-state index contributed by atoms with van der Waals surface area (Å²) < 4.78 is 6.42. The highest BCUT2D eigenvalue weighted by Gasteiger charge is 2.49. The lowest BCUT2D eigenvalue weighted by atomic mass is 9.71. The summed E-state index contributed by atoms with van der Waals surface area (Å²) in [5.74, 6) is 0.354. The fraction of sp³-hybridized carbons (Fsp3) is 0.526. The summed E-state index contributed by atoms with van der Waals surface area (Å²) in [4.78, 5) is 34.9. The molecule has 2 aliphatic heterocycles. The number of aromatic nitrogens is 6. The molecule has 3 aliphatic rings. The molecule has 0 unspecified atom stereocenters. The Hall–Kier alpha value is -3.21. The van der Waals surface area contributed by atoms with Crippen molar-refractivity contribution >= 4 is 11.9 Å². The highest BCUT2D eigenvalue weighted by atomic mass is 16.5. The van der Waals surface area contributed by atoms with Gasteiger partial charge in [0.2, 0.25) is 5.91 Å². The van der Waals surface area contributed by atoms with Gasteiger partial charge >= 0.3 is 5.97 Å². The van der Waals surface area contributed by atoms with Crippen LogP contribution >= 0.6 is 0 Å². The molecule has 4 heterocycles. The van der Waals surface area contributed by atoms with E-state index in [1.807, 2.05) is 0 Å². The van der Waals surface area contributed by atoms with Gasteiger partial charge in [0.05, 0.1) is 29.2 Å². The van der Waals surface area contributed by atoms with Crippen molar-refractivity contribution in [3.05, 3.63) is 36.2 Å². The molecule has 2 aromatic heterocycles. The zero-order valence-electron chi connectivity index (χ0n) is 16.4. The number of hydrogen-bond donors (Lipinski definition) is 1. The Bertz CT molecular complexity index is 964. The topological polar surface area (TPSA) is 128 Å². The highest BCUT2D eigenvalue weighted by Crippen LogP contribution is 2.46. The first kappa shape index (κ1) is 18.8. The van der Waals surface area contributed by atoms with E-state index < -0.39 is 0 Å². The lowest BCUT2D eigenvalue weighted by Gasteiger charge is -2.36. The van der Waals surface area contributed by atoms with Crippen molar-refractivity contribution in [2.24, 2.45) is 5.41 Å². The van der Waals surface area contributed by atoms with Crippen molar-refractivity contribution in [1.82, 2.24) is 40.4 Å². The number of nitrogens with zero attached hydrogens (tertiary/aromatic N) is 7. The minimum atomic E-state index is -0.360. The van der Waals surface area contributed by atoms with Crippen molar-refractivity contribution in [3.63, 3.8) is 0 Å². The monoisotopic (exact) mass is 410 g/mol. The molecule has 1 spiro atoms. The van der Waals surface area contributed by atoms with Crippen molar-refractivity contribution in [2.45, 2.75) is 44.7 Å². The first-order chi connectivity index (χ1) is 14.6. The Morgan fingerprint density at radius 1 is 1.17 bits per heavy atom. The first-order valence-electron chi connectivity index (χ1n) is 10.1. The number of rotatable bonds is 5. The van der Waals surface area contributed by atoms with E-state index in [-0.39, 0.29) is 23.9 Å². The normalized spacial score (nSPS) is 26.3. The van der Waals surface area contributed by atoms with Crippen LogP contribution in [-0.2, 0) is 20.9 Å². The quantitative estimate of drug-likeness (QED) is 0.685. The Morgan fingerprint density at radius 2 is 2.03 bits per heavy atom. The summed E-state index contributed by atoms with van der Waals surface area (Å²) >= 11 is 0. The Morgan fingerprint density at radius 3 is 2.70 bits per heavy atom. The summed E-state index contributed by atoms with van der Waals surface area (Å²) in [7, 11) is 0. The summed E-state index contributed by atoms with van der Waals surface area (Å²) in [6, 6.07) is 0.342. The molecule has 0 bridgehead atoms. The number of nitrogens with one attached hydrogen (secondary N) is 1. The van der Waals surface area contributed by atoms with E-state index in [1.165, 1.54) is 17.1 Å². The summed E-state index contributed by atoms with van der Waals surface area (Å²) in [5, 5.41) is 14.5. The second-order valence-corrected chi connectivity index (χ2v) is 8.01. The van der Waals surface area contributed by atoms with Gasteiger partial charge in [-0.05, 0) is 42.5 Å². The number of amides is 1. The van der Waals surface area contributed by atoms with E-state index in [2.05, 4.69) is 30.8 Å². The molecular formula is C19H22N8O3. The van der Waals surface area contributed by atoms with Crippen molar-refractivity contribution in [3.8, 4) is 5.82 Å². The van der Waals surface area contributed by atoms with Crippen LogP contribution in [0.2, 0.25) is 0 Å². The van der Waals surface area contributed by atoms with Crippen LogP contribution < -0.4 is 5.32 Å². The smallest absolute Gasteiger partial charge is 0.333 e. The summed E-state index contributed by atoms with van der Waals surface area (Å²) in [6.45, 7) is 1.49. The molecule has 1 saturated carbocycles. The molecule has 156 valence electrons. The van der Waals surface area contributed by atoms with Gasteiger partial charge in [0.15, 0.2) is 5.82 Å². The highest BCUT2D eigenvalue weighted by molar-refractivity contribution is 5.90. The minimum Gasteiger partial charge on any atom is -0.456 e. The van der Waals surface area contributed by atoms with Gasteiger partial charge in [0.1, 0.15) is 12.9 Å². The van der Waals surface area contributed by atoms with Gasteiger partial charge < -0.3 is 15.0 Å². The van der Waals surface area contributed by atoms with Crippen LogP contribution in [0.5, 0.6) is 0 Å². The van der Waals surface area contributed by atoms with E-state index in [0.29, 0.717) is 30.6 Å². The van der Waals surface area contributed by atoms with E-state index in [9.17, 15) is 9.59 Å². The van der Waals surface area contributed by atoms with Crippen LogP contribution in [0.3, 0.4) is 0 Å². The number of tetrazole rings is 1. The standard InChI is InChI=1S/C19H22N8O3/c28-17-7-15(11-30-17)26-6-5-19(18(26)29)3-1-13(2-4-19)20-8-14-9-22-16(10-21-14)27-12-23-24-25-27/h7,9-10,12-13,20H,1-6,8,11H2/t13-,19-. The van der Waals surface area contributed by atoms with Crippen LogP contribution in [0.15, 0.2) is 30.5 Å². The van der Waals surface area contributed by atoms with Gasteiger partial charge in [-0.3, -0.25) is 9.78 Å². The SMILES string of the molecule is O=C1C=C(N2CC[C@]3(CC[C@@H](NCc4cnc(-n5cnnn5)cn4)CC3)C2=O)CO1. The van der Waals surface area contributed by atoms with Crippen LogP contribution in [0, 0.1) is 5.41 Å². The van der Waals surface area contributed by atoms with Crippen LogP contribution in [-0.4, -0.2) is 66.1 Å². The number of carbonyl (C=O) groups is 2. The first-order valence-corrected chi connectivity index (χ1v) is 10.1. The molecule has 5 rings (SSSR count). The number of hydrogen-bond acceptors (Lipinski definition) is 9. The molecule has 0 radical (unpaired) electrons. The number of carbonyl (C=O) groups excluding carboxylic acids is 2. The Kier molecular flexibility index (Phi) is 4.74. The molecule has 1 amide bonds. The fourth-order valence-electron chi connectivity index (χ4n) is 4.53. The average molecular weight is 410 g/mol. The molecule has 30 heavy (non-hydrogen) atoms. The molecule has 11 heteroatoms. The maximum atomic E-state index is 13.1. The second kappa shape index (κ2) is 7.56. The van der Waals surface area contributed by atoms with Crippen LogP contribution in [0.25, 0.3) is 5.82 Å². The molecule has 0 aromatic carbocycles. The van der Waals surface area contributed by atoms with Gasteiger partial charge in [-0.25, -0.2) is 9.78 Å². The average Bonchev–Trinajstić information content (AvgIpc) is 3.51. The van der Waals surface area contributed by atoms with E-state index in [4.69, 9.17) is 4.74 Å². The molecule has 1 saturated heterocycles. The maximum Gasteiger partial charge on any atom is 0.333 e. The molecular weight excluding hydrogens is 388 g/mol. The number of likely N-dealkylation sites (tertiary alicyclic amines) is 1. The zero-order chi connectivity index (χ0) is 20.6. The fourth-order valence-corrected chi connectivity index (χ4v) is 4.53. The minimum absolute atomic E-state index is 0.148. The van der Waals surface area contributed by atoms with Crippen LogP contribution in [0.4, 0.5) is 0 Å². The number of ether oxygens (including phenoxy) is 1. The predicted molar refractivity (Wildman–Crippen MR) is 102 cm³/mol. The van der Waals surface area contributed by atoms with Gasteiger partial charge in [-0.15, -0.1) is 5.10 Å². The lowest BCUT2D eigenvalue weighted by Crippen LogP contribution is -2.42. The van der Waals surface area contributed by atoms with Gasteiger partial charge in [0, 0.05) is 25.2 Å². The van der Waals surface area contributed by atoms with Crippen molar-refractivity contribution < 1.29 is 14.3 Å². The predicted octanol–water partition coefficient (Wildman–Crippen LogP) is 0.144. The molecule has 2 fully saturated rings. The molecule has 1 aliphatic carbocycles. The third-order valence-electron chi connectivity index (χ3n) is 6.30. The van der Waals surface area contributed by atoms with E-state index in [0.717, 1.165) is 37.8 Å². The molecule has 11 nitrogen and oxygen atoms in total. The number of cyclic esters (lactones) is 1. The van der Waals surface area contributed by atoms with E-state index >= 15 is 0 Å². The Balaban J connectivity index is 1.14. The second-order valence-electron chi connectivity index (χ2n) is 8.01. The zero-order valence-corrected chi connectivity index (χ0v) is 16.4. The van der Waals surface area contributed by atoms with Gasteiger partial charge in [0.25, 0.3) is 0 Å². The lowest BCUT2D eigenvalue weighted by molar-refractivity contribution is -0.138. The molecule has 2 aromatic rings. The van der Waals surface area contributed by atoms with Gasteiger partial charge in [-0.2, -0.15) is 4.68 Å². The largest absolute Gasteiger partial charge is 0.456 e. The summed E-state index contributed by atoms with van der Waals surface area (Å²) in [5.41, 5.74) is 1.25. The van der Waals surface area contributed by atoms with Crippen LogP contribution in [0.1, 0.15) is 37.8 Å². The third-order valence-corrected chi connectivity index (χ3v) is 6.30. The summed E-state index contributed by atoms with van der Waals surface area (Å²) in [6.07, 6.45) is 10.7. The number of esters is 1. The molecule has 1 N–H and O–H groups in total. The molecule has 0 atom stereocenters. The Labute approximate surface area is 172 Å². The van der Waals surface area contributed by atoms with Gasteiger partial charge in [-0.1, -0.05) is 0 Å². The van der Waals surface area contributed by atoms with Crippen molar-refractivity contribution in [2.75, 3.05) is 13.2 Å². The van der Waals surface area contributed by atoms with E-state index in [1.54, 1.807) is 17.3 Å².